The third-order valence-corrected chi connectivity index (χ3v) is 6.03. The Balaban J connectivity index is 1.77. The van der Waals surface area contributed by atoms with Crippen LogP contribution in [-0.2, 0) is 25.9 Å². The molecule has 0 atom stereocenters. The van der Waals surface area contributed by atoms with Gasteiger partial charge in [0, 0.05) is 11.8 Å². The Bertz CT molecular complexity index is 1310. The lowest BCUT2D eigenvalue weighted by Gasteiger charge is -2.09. The fraction of sp³-hybridized carbons (Fsp3) is 0.182. The molecule has 9 nitrogen and oxygen atoms in total. The van der Waals surface area contributed by atoms with E-state index in [1.807, 2.05) is 0 Å². The van der Waals surface area contributed by atoms with Crippen LogP contribution in [0.15, 0.2) is 75.4 Å². The number of carbonyl (C=O) groups excluding carboxylic acids is 2. The van der Waals surface area contributed by atoms with E-state index in [-0.39, 0.29) is 16.5 Å². The predicted molar refractivity (Wildman–Crippen MR) is 116 cm³/mol. The first-order valence-corrected chi connectivity index (χ1v) is 11.2. The predicted octanol–water partition coefficient (Wildman–Crippen LogP) is 2.20. The zero-order chi connectivity index (χ0) is 23.3. The molecule has 166 valence electrons. The molecular weight excluding hydrogens is 434 g/mol. The number of aromatic nitrogens is 2. The number of ether oxygens (including phenoxy) is 1. The highest BCUT2D eigenvalue weighted by atomic mass is 32.2. The number of amides is 1. The summed E-state index contributed by atoms with van der Waals surface area (Å²) in [6.45, 7) is 3.22. The highest BCUT2D eigenvalue weighted by Crippen LogP contribution is 2.19. The van der Waals surface area contributed by atoms with Crippen molar-refractivity contribution in [1.82, 2.24) is 9.78 Å². The van der Waals surface area contributed by atoms with Gasteiger partial charge in [-0.3, -0.25) is 9.59 Å². The molecule has 0 saturated heterocycles. The summed E-state index contributed by atoms with van der Waals surface area (Å²) in [5.74, 6) is -1.07. The molecule has 3 aromatic rings. The summed E-state index contributed by atoms with van der Waals surface area (Å²) in [6.07, 6.45) is 0. The SMILES string of the molecule is CCOC(=O)c1ccc(NC(=O)Cn2nc(S(=O)(=O)c3cccc(C)c3)ccc2=O)cc1. The number of carbonyl (C=O) groups is 2. The maximum Gasteiger partial charge on any atom is 0.338 e. The quantitative estimate of drug-likeness (QED) is 0.542. The molecule has 0 unspecified atom stereocenters. The lowest BCUT2D eigenvalue weighted by atomic mass is 10.2. The van der Waals surface area contributed by atoms with Gasteiger partial charge in [-0.05, 0) is 61.9 Å². The third-order valence-electron chi connectivity index (χ3n) is 4.39. The van der Waals surface area contributed by atoms with Gasteiger partial charge in [-0.15, -0.1) is 0 Å². The Morgan fingerprint density at radius 2 is 1.78 bits per heavy atom. The van der Waals surface area contributed by atoms with E-state index in [4.69, 9.17) is 4.74 Å². The van der Waals surface area contributed by atoms with Crippen molar-refractivity contribution in [3.63, 3.8) is 0 Å². The summed E-state index contributed by atoms with van der Waals surface area (Å²) in [6, 6.07) is 14.5. The zero-order valence-electron chi connectivity index (χ0n) is 17.4. The van der Waals surface area contributed by atoms with Crippen molar-refractivity contribution in [3.05, 3.63) is 82.1 Å². The van der Waals surface area contributed by atoms with Gasteiger partial charge >= 0.3 is 5.97 Å². The molecule has 0 aliphatic rings. The van der Waals surface area contributed by atoms with Crippen LogP contribution >= 0.6 is 0 Å². The number of hydrogen-bond donors (Lipinski definition) is 1. The van der Waals surface area contributed by atoms with Crippen LogP contribution in [0.2, 0.25) is 0 Å². The van der Waals surface area contributed by atoms with Crippen molar-refractivity contribution in [2.45, 2.75) is 30.3 Å². The molecule has 32 heavy (non-hydrogen) atoms. The minimum atomic E-state index is -3.96. The Labute approximate surface area is 184 Å². The molecule has 0 aliphatic heterocycles. The first-order chi connectivity index (χ1) is 15.2. The standard InChI is InChI=1S/C22H21N3O6S/c1-3-31-22(28)16-7-9-17(10-8-16)23-19(26)14-25-21(27)12-11-20(24-25)32(29,30)18-6-4-5-15(2)13-18/h4-13H,3,14H2,1-2H3,(H,23,26). The summed E-state index contributed by atoms with van der Waals surface area (Å²) in [7, 11) is -3.96. The van der Waals surface area contributed by atoms with E-state index in [9.17, 15) is 22.8 Å². The minimum absolute atomic E-state index is 0.0429. The average molecular weight is 455 g/mol. The van der Waals surface area contributed by atoms with Crippen molar-refractivity contribution in [2.24, 2.45) is 0 Å². The average Bonchev–Trinajstić information content (AvgIpc) is 2.76. The van der Waals surface area contributed by atoms with Crippen LogP contribution < -0.4 is 10.9 Å². The number of hydrogen-bond acceptors (Lipinski definition) is 7. The molecule has 3 rings (SSSR count). The second-order valence-electron chi connectivity index (χ2n) is 6.83. The zero-order valence-corrected chi connectivity index (χ0v) is 18.3. The molecule has 0 spiro atoms. The maximum atomic E-state index is 12.8. The smallest absolute Gasteiger partial charge is 0.338 e. The van der Waals surface area contributed by atoms with Crippen LogP contribution in [0.1, 0.15) is 22.8 Å². The van der Waals surface area contributed by atoms with Crippen LogP contribution in [-0.4, -0.2) is 36.7 Å². The largest absolute Gasteiger partial charge is 0.462 e. The van der Waals surface area contributed by atoms with Crippen molar-refractivity contribution >= 4 is 27.4 Å². The number of nitrogens with zero attached hydrogens (tertiary/aromatic N) is 2. The van der Waals surface area contributed by atoms with E-state index in [0.717, 1.165) is 22.4 Å². The van der Waals surface area contributed by atoms with Gasteiger partial charge in [0.1, 0.15) is 6.54 Å². The van der Waals surface area contributed by atoms with Gasteiger partial charge in [0.05, 0.1) is 17.1 Å². The van der Waals surface area contributed by atoms with Crippen LogP contribution in [0, 0.1) is 6.92 Å². The molecule has 1 aromatic heterocycles. The Kier molecular flexibility index (Phi) is 6.84. The lowest BCUT2D eigenvalue weighted by Crippen LogP contribution is -2.30. The molecule has 0 fully saturated rings. The summed E-state index contributed by atoms with van der Waals surface area (Å²) in [5.41, 5.74) is 0.852. The van der Waals surface area contributed by atoms with Gasteiger partial charge in [0.25, 0.3) is 5.56 Å². The number of benzene rings is 2. The molecule has 0 aliphatic carbocycles. The molecule has 1 N–H and O–H groups in total. The van der Waals surface area contributed by atoms with E-state index in [0.29, 0.717) is 11.3 Å². The summed E-state index contributed by atoms with van der Waals surface area (Å²) in [4.78, 5) is 36.2. The van der Waals surface area contributed by atoms with Crippen molar-refractivity contribution in [3.8, 4) is 0 Å². The fourth-order valence-corrected chi connectivity index (χ4v) is 4.12. The molecule has 2 aromatic carbocycles. The van der Waals surface area contributed by atoms with Gasteiger partial charge in [-0.1, -0.05) is 12.1 Å². The van der Waals surface area contributed by atoms with E-state index in [1.54, 1.807) is 26.0 Å². The minimum Gasteiger partial charge on any atom is -0.462 e. The van der Waals surface area contributed by atoms with Crippen LogP contribution in [0.3, 0.4) is 0 Å². The fourth-order valence-electron chi connectivity index (χ4n) is 2.83. The van der Waals surface area contributed by atoms with E-state index in [2.05, 4.69) is 10.4 Å². The maximum absolute atomic E-state index is 12.8. The highest BCUT2D eigenvalue weighted by Gasteiger charge is 2.21. The first-order valence-electron chi connectivity index (χ1n) is 9.67. The van der Waals surface area contributed by atoms with Gasteiger partial charge in [0.2, 0.25) is 15.7 Å². The lowest BCUT2D eigenvalue weighted by molar-refractivity contribution is -0.117. The van der Waals surface area contributed by atoms with Crippen LogP contribution in [0.25, 0.3) is 0 Å². The number of anilines is 1. The van der Waals surface area contributed by atoms with Gasteiger partial charge < -0.3 is 10.1 Å². The van der Waals surface area contributed by atoms with Gasteiger partial charge in [-0.25, -0.2) is 17.9 Å². The number of esters is 1. The van der Waals surface area contributed by atoms with Crippen molar-refractivity contribution in [2.75, 3.05) is 11.9 Å². The second kappa shape index (κ2) is 9.56. The van der Waals surface area contributed by atoms with Gasteiger partial charge in [-0.2, -0.15) is 5.10 Å². The Hall–Kier alpha value is -3.79. The number of rotatable bonds is 7. The molecule has 0 saturated carbocycles. The molecule has 0 radical (unpaired) electrons. The summed E-state index contributed by atoms with van der Waals surface area (Å²) < 4.78 is 31.4. The number of aryl methyl sites for hydroxylation is 1. The third kappa shape index (κ3) is 5.27. The highest BCUT2D eigenvalue weighted by molar-refractivity contribution is 7.91. The van der Waals surface area contributed by atoms with Crippen LogP contribution in [0.5, 0.6) is 0 Å². The number of nitrogens with one attached hydrogen (secondary N) is 1. The monoisotopic (exact) mass is 455 g/mol. The molecule has 10 heteroatoms. The van der Waals surface area contributed by atoms with Crippen molar-refractivity contribution in [1.29, 1.82) is 0 Å². The Morgan fingerprint density at radius 1 is 1.06 bits per heavy atom. The van der Waals surface area contributed by atoms with Crippen molar-refractivity contribution < 1.29 is 22.7 Å². The first kappa shape index (κ1) is 22.9. The summed E-state index contributed by atoms with van der Waals surface area (Å²) >= 11 is 0. The van der Waals surface area contributed by atoms with E-state index >= 15 is 0 Å². The molecular formula is C22H21N3O6S. The van der Waals surface area contributed by atoms with E-state index < -0.39 is 33.8 Å². The van der Waals surface area contributed by atoms with Gasteiger partial charge in [0.15, 0.2) is 5.03 Å². The molecule has 1 heterocycles. The van der Waals surface area contributed by atoms with E-state index in [1.165, 1.54) is 36.4 Å². The number of sulfone groups is 1. The second-order valence-corrected chi connectivity index (χ2v) is 8.73. The topological polar surface area (TPSA) is 124 Å². The summed E-state index contributed by atoms with van der Waals surface area (Å²) in [5, 5.41) is 6.12. The van der Waals surface area contributed by atoms with Crippen LogP contribution in [0.4, 0.5) is 5.69 Å². The normalized spacial score (nSPS) is 11.1. The molecule has 1 amide bonds. The Morgan fingerprint density at radius 3 is 2.44 bits per heavy atom. The molecule has 0 bridgehead atoms.